The van der Waals surface area contributed by atoms with Gasteiger partial charge in [-0.05, 0) is 27.2 Å². The molecule has 1 aliphatic rings. The normalized spacial score (nSPS) is 20.3. The van der Waals surface area contributed by atoms with E-state index in [0.717, 1.165) is 37.5 Å². The number of nitrogens with one attached hydrogen (secondary N) is 1. The lowest BCUT2D eigenvalue weighted by Gasteiger charge is -2.20. The maximum atomic E-state index is 5.86. The van der Waals surface area contributed by atoms with Crippen LogP contribution in [0.15, 0.2) is 0 Å². The molecule has 20 heavy (non-hydrogen) atoms. The van der Waals surface area contributed by atoms with Gasteiger partial charge in [0.2, 0.25) is 0 Å². The number of rotatable bonds is 5. The van der Waals surface area contributed by atoms with Crippen molar-refractivity contribution >= 4 is 23.1 Å². The van der Waals surface area contributed by atoms with Gasteiger partial charge in [-0.1, -0.05) is 13.3 Å². The fourth-order valence-electron chi connectivity index (χ4n) is 2.09. The average molecular weight is 315 g/mol. The SMILES string of the molecule is CCCc1nc(C2CSCCO2)sc1CNC(C)(C)C. The third-order valence-electron chi connectivity index (χ3n) is 3.15. The van der Waals surface area contributed by atoms with Crippen molar-refractivity contribution in [3.05, 3.63) is 15.6 Å². The van der Waals surface area contributed by atoms with Crippen molar-refractivity contribution in [1.82, 2.24) is 10.3 Å². The van der Waals surface area contributed by atoms with Crippen molar-refractivity contribution < 1.29 is 4.74 Å². The van der Waals surface area contributed by atoms with Crippen molar-refractivity contribution in [2.45, 2.75) is 58.7 Å². The lowest BCUT2D eigenvalue weighted by molar-refractivity contribution is 0.0754. The monoisotopic (exact) mass is 314 g/mol. The van der Waals surface area contributed by atoms with Crippen LogP contribution in [0.4, 0.5) is 0 Å². The summed E-state index contributed by atoms with van der Waals surface area (Å²) < 4.78 is 5.86. The molecule has 5 heteroatoms. The predicted octanol–water partition coefficient (Wildman–Crippen LogP) is 3.79. The number of aryl methyl sites for hydroxylation is 1. The molecule has 0 amide bonds. The summed E-state index contributed by atoms with van der Waals surface area (Å²) in [7, 11) is 0. The molecule has 0 aromatic carbocycles. The van der Waals surface area contributed by atoms with E-state index in [0.29, 0.717) is 0 Å². The highest BCUT2D eigenvalue weighted by Gasteiger charge is 2.22. The summed E-state index contributed by atoms with van der Waals surface area (Å²) in [5, 5.41) is 4.75. The molecule has 2 rings (SSSR count). The van der Waals surface area contributed by atoms with Gasteiger partial charge in [0.1, 0.15) is 11.1 Å². The topological polar surface area (TPSA) is 34.1 Å². The van der Waals surface area contributed by atoms with E-state index in [1.54, 1.807) is 0 Å². The molecule has 1 fully saturated rings. The molecule has 1 aliphatic heterocycles. The van der Waals surface area contributed by atoms with E-state index >= 15 is 0 Å². The second-order valence-electron chi connectivity index (χ2n) is 6.21. The highest BCUT2D eigenvalue weighted by molar-refractivity contribution is 7.99. The minimum atomic E-state index is 0.144. The van der Waals surface area contributed by atoms with E-state index in [4.69, 9.17) is 9.72 Å². The maximum absolute atomic E-state index is 5.86. The van der Waals surface area contributed by atoms with Crippen molar-refractivity contribution in [2.75, 3.05) is 18.1 Å². The Hall–Kier alpha value is -0.100. The van der Waals surface area contributed by atoms with Gasteiger partial charge in [-0.2, -0.15) is 11.8 Å². The number of thioether (sulfide) groups is 1. The van der Waals surface area contributed by atoms with Crippen LogP contribution in [0.25, 0.3) is 0 Å². The second kappa shape index (κ2) is 7.25. The maximum Gasteiger partial charge on any atom is 0.123 e. The molecule has 0 bridgehead atoms. The molecule has 1 unspecified atom stereocenters. The fraction of sp³-hybridized carbons (Fsp3) is 0.800. The number of hydrogen-bond acceptors (Lipinski definition) is 5. The van der Waals surface area contributed by atoms with Crippen LogP contribution in [0.2, 0.25) is 0 Å². The third kappa shape index (κ3) is 4.72. The van der Waals surface area contributed by atoms with Gasteiger partial charge in [0.15, 0.2) is 0 Å². The van der Waals surface area contributed by atoms with Crippen LogP contribution in [0.5, 0.6) is 0 Å². The Morgan fingerprint density at radius 2 is 2.20 bits per heavy atom. The zero-order chi connectivity index (χ0) is 14.6. The Morgan fingerprint density at radius 1 is 1.40 bits per heavy atom. The van der Waals surface area contributed by atoms with E-state index in [2.05, 4.69) is 33.0 Å². The molecule has 0 saturated carbocycles. The number of hydrogen-bond donors (Lipinski definition) is 1. The molecule has 1 aromatic heterocycles. The van der Waals surface area contributed by atoms with E-state index in [-0.39, 0.29) is 11.6 Å². The van der Waals surface area contributed by atoms with Crippen LogP contribution in [-0.2, 0) is 17.7 Å². The summed E-state index contributed by atoms with van der Waals surface area (Å²) in [5.74, 6) is 2.16. The first kappa shape index (κ1) is 16.3. The molecule has 0 aliphatic carbocycles. The average Bonchev–Trinajstić information content (AvgIpc) is 2.80. The second-order valence-corrected chi connectivity index (χ2v) is 8.47. The van der Waals surface area contributed by atoms with E-state index in [1.165, 1.54) is 15.6 Å². The number of nitrogens with zero attached hydrogens (tertiary/aromatic N) is 1. The van der Waals surface area contributed by atoms with Crippen molar-refractivity contribution in [2.24, 2.45) is 0 Å². The highest BCUT2D eigenvalue weighted by atomic mass is 32.2. The van der Waals surface area contributed by atoms with Gasteiger partial charge in [0, 0.05) is 28.5 Å². The van der Waals surface area contributed by atoms with Crippen molar-refractivity contribution in [1.29, 1.82) is 0 Å². The Kier molecular flexibility index (Phi) is 5.90. The predicted molar refractivity (Wildman–Crippen MR) is 88.7 cm³/mol. The number of thiazole rings is 1. The van der Waals surface area contributed by atoms with Gasteiger partial charge in [0.05, 0.1) is 12.3 Å². The molecule has 1 aromatic rings. The van der Waals surface area contributed by atoms with Crippen molar-refractivity contribution in [3.63, 3.8) is 0 Å². The van der Waals surface area contributed by atoms with Crippen LogP contribution in [-0.4, -0.2) is 28.6 Å². The Bertz CT molecular complexity index is 420. The molecular formula is C15H26N2OS2. The van der Waals surface area contributed by atoms with Gasteiger partial charge < -0.3 is 10.1 Å². The van der Waals surface area contributed by atoms with E-state index < -0.39 is 0 Å². The molecule has 3 nitrogen and oxygen atoms in total. The Balaban J connectivity index is 2.10. The van der Waals surface area contributed by atoms with Gasteiger partial charge in [-0.15, -0.1) is 11.3 Å². The first-order valence-corrected chi connectivity index (χ1v) is 9.39. The van der Waals surface area contributed by atoms with Gasteiger partial charge in [-0.25, -0.2) is 4.98 Å². The Morgan fingerprint density at radius 3 is 2.80 bits per heavy atom. The Labute approximate surface area is 130 Å². The molecular weight excluding hydrogens is 288 g/mol. The summed E-state index contributed by atoms with van der Waals surface area (Å²) in [6.45, 7) is 10.6. The summed E-state index contributed by atoms with van der Waals surface area (Å²) in [6.07, 6.45) is 2.42. The van der Waals surface area contributed by atoms with E-state index in [1.807, 2.05) is 23.1 Å². The smallest absolute Gasteiger partial charge is 0.123 e. The lowest BCUT2D eigenvalue weighted by Crippen LogP contribution is -2.35. The summed E-state index contributed by atoms with van der Waals surface area (Å²) >= 11 is 3.80. The minimum Gasteiger partial charge on any atom is -0.369 e. The summed E-state index contributed by atoms with van der Waals surface area (Å²) in [6, 6.07) is 0. The van der Waals surface area contributed by atoms with Gasteiger partial charge in [-0.3, -0.25) is 0 Å². The van der Waals surface area contributed by atoms with Crippen LogP contribution < -0.4 is 5.32 Å². The summed E-state index contributed by atoms with van der Waals surface area (Å²) in [4.78, 5) is 6.25. The van der Waals surface area contributed by atoms with Gasteiger partial charge >= 0.3 is 0 Å². The number of aromatic nitrogens is 1. The van der Waals surface area contributed by atoms with Crippen molar-refractivity contribution in [3.8, 4) is 0 Å². The first-order chi connectivity index (χ1) is 9.49. The van der Waals surface area contributed by atoms with Crippen LogP contribution in [0.1, 0.15) is 55.8 Å². The largest absolute Gasteiger partial charge is 0.369 e. The molecule has 114 valence electrons. The molecule has 0 spiro atoms. The first-order valence-electron chi connectivity index (χ1n) is 7.42. The van der Waals surface area contributed by atoms with Crippen LogP contribution in [0.3, 0.4) is 0 Å². The fourth-order valence-corrected chi connectivity index (χ4v) is 4.14. The quantitative estimate of drug-likeness (QED) is 0.896. The molecule has 0 radical (unpaired) electrons. The van der Waals surface area contributed by atoms with Gasteiger partial charge in [0.25, 0.3) is 0 Å². The minimum absolute atomic E-state index is 0.144. The van der Waals surface area contributed by atoms with Crippen LogP contribution in [0, 0.1) is 0 Å². The molecule has 1 saturated heterocycles. The summed E-state index contributed by atoms with van der Waals surface area (Å²) in [5.41, 5.74) is 1.41. The molecule has 2 heterocycles. The standard InChI is InChI=1S/C15H26N2OS2/c1-5-6-11-13(9-16-15(2,3)4)20-14(17-11)12-10-19-8-7-18-12/h12,16H,5-10H2,1-4H3. The van der Waals surface area contributed by atoms with Crippen LogP contribution >= 0.6 is 23.1 Å². The molecule has 1 N–H and O–H groups in total. The third-order valence-corrected chi connectivity index (χ3v) is 5.34. The number of ether oxygens (including phenoxy) is 1. The zero-order valence-electron chi connectivity index (χ0n) is 13.0. The van der Waals surface area contributed by atoms with E-state index in [9.17, 15) is 0 Å². The zero-order valence-corrected chi connectivity index (χ0v) is 14.6. The molecule has 1 atom stereocenters. The lowest BCUT2D eigenvalue weighted by atomic mass is 10.1. The highest BCUT2D eigenvalue weighted by Crippen LogP contribution is 2.32.